The summed E-state index contributed by atoms with van der Waals surface area (Å²) in [4.78, 5) is 0.405. The van der Waals surface area contributed by atoms with Gasteiger partial charge in [0.2, 0.25) is 10.0 Å². The van der Waals surface area contributed by atoms with Gasteiger partial charge in [-0.25, -0.2) is 8.42 Å². The molecule has 0 amide bonds. The predicted molar refractivity (Wildman–Crippen MR) is 85.7 cm³/mol. The molecule has 118 valence electrons. The van der Waals surface area contributed by atoms with Crippen LogP contribution < -0.4 is 5.32 Å². The van der Waals surface area contributed by atoms with Gasteiger partial charge in [-0.3, -0.25) is 0 Å². The molecule has 1 saturated heterocycles. The van der Waals surface area contributed by atoms with Crippen molar-refractivity contribution in [2.75, 3.05) is 7.05 Å². The topological polar surface area (TPSA) is 49.4 Å². The molecular weight excluding hydrogens is 284 g/mol. The van der Waals surface area contributed by atoms with E-state index in [4.69, 9.17) is 0 Å². The second-order valence-electron chi connectivity index (χ2n) is 6.05. The van der Waals surface area contributed by atoms with Gasteiger partial charge >= 0.3 is 0 Å². The lowest BCUT2D eigenvalue weighted by molar-refractivity contribution is 0.204. The number of piperidine rings is 1. The maximum absolute atomic E-state index is 13.0. The van der Waals surface area contributed by atoms with Crippen molar-refractivity contribution in [1.29, 1.82) is 0 Å². The van der Waals surface area contributed by atoms with Gasteiger partial charge < -0.3 is 5.32 Å². The summed E-state index contributed by atoms with van der Waals surface area (Å²) in [5.74, 6) is 0. The fourth-order valence-electron chi connectivity index (χ4n) is 3.10. The number of hydrogen-bond donors (Lipinski definition) is 1. The number of benzene rings is 1. The summed E-state index contributed by atoms with van der Waals surface area (Å²) in [6, 6.07) is 7.57. The van der Waals surface area contributed by atoms with Crippen LogP contribution in [0.5, 0.6) is 0 Å². The average Bonchev–Trinajstić information content (AvgIpc) is 2.46. The molecule has 1 aliphatic rings. The molecular formula is C16H26N2O2S. The molecule has 0 radical (unpaired) electrons. The van der Waals surface area contributed by atoms with Crippen LogP contribution in [0.4, 0.5) is 0 Å². The highest BCUT2D eigenvalue weighted by Gasteiger charge is 2.35. The third-order valence-corrected chi connectivity index (χ3v) is 6.60. The summed E-state index contributed by atoms with van der Waals surface area (Å²) in [5, 5.41) is 3.15. The third-order valence-electron chi connectivity index (χ3n) is 4.48. The lowest BCUT2D eigenvalue weighted by Crippen LogP contribution is -2.47. The van der Waals surface area contributed by atoms with Crippen molar-refractivity contribution in [3.8, 4) is 0 Å². The summed E-state index contributed by atoms with van der Waals surface area (Å²) in [5.41, 5.74) is 0.996. The normalized spacial score (nSPS) is 25.7. The van der Waals surface area contributed by atoms with Crippen LogP contribution in [-0.4, -0.2) is 31.9 Å². The Morgan fingerprint density at radius 3 is 2.43 bits per heavy atom. The summed E-state index contributed by atoms with van der Waals surface area (Å²) in [6.07, 6.45) is 2.98. The largest absolute Gasteiger partial charge is 0.313 e. The SMILES string of the molecule is CNC(C)c1cccc(S(=O)(=O)N2C(C)CCCC2C)c1. The van der Waals surface area contributed by atoms with E-state index in [0.717, 1.165) is 24.8 Å². The Morgan fingerprint density at radius 1 is 1.24 bits per heavy atom. The highest BCUT2D eigenvalue weighted by Crippen LogP contribution is 2.30. The van der Waals surface area contributed by atoms with Crippen molar-refractivity contribution >= 4 is 10.0 Å². The molecule has 0 aliphatic carbocycles. The van der Waals surface area contributed by atoms with E-state index >= 15 is 0 Å². The van der Waals surface area contributed by atoms with E-state index in [-0.39, 0.29) is 18.1 Å². The third kappa shape index (κ3) is 3.30. The van der Waals surface area contributed by atoms with E-state index in [1.165, 1.54) is 0 Å². The minimum atomic E-state index is -3.42. The number of nitrogens with zero attached hydrogens (tertiary/aromatic N) is 1. The highest BCUT2D eigenvalue weighted by atomic mass is 32.2. The van der Waals surface area contributed by atoms with Gasteiger partial charge in [0.05, 0.1) is 4.90 Å². The summed E-state index contributed by atoms with van der Waals surface area (Å²) in [6.45, 7) is 6.04. The van der Waals surface area contributed by atoms with E-state index in [1.54, 1.807) is 16.4 Å². The van der Waals surface area contributed by atoms with Crippen LogP contribution in [-0.2, 0) is 10.0 Å². The molecule has 1 heterocycles. The first-order valence-corrected chi connectivity index (χ1v) is 9.12. The quantitative estimate of drug-likeness (QED) is 0.930. The molecule has 0 bridgehead atoms. The summed E-state index contributed by atoms with van der Waals surface area (Å²) < 4.78 is 27.6. The Labute approximate surface area is 128 Å². The number of sulfonamides is 1. The summed E-state index contributed by atoms with van der Waals surface area (Å²) >= 11 is 0. The van der Waals surface area contributed by atoms with Crippen LogP contribution in [0.2, 0.25) is 0 Å². The average molecular weight is 310 g/mol. The van der Waals surface area contributed by atoms with Gasteiger partial charge in [0.1, 0.15) is 0 Å². The number of nitrogens with one attached hydrogen (secondary N) is 1. The first kappa shape index (κ1) is 16.5. The van der Waals surface area contributed by atoms with Gasteiger partial charge in [0.15, 0.2) is 0 Å². The smallest absolute Gasteiger partial charge is 0.243 e. The molecule has 4 nitrogen and oxygen atoms in total. The molecule has 1 N–H and O–H groups in total. The van der Waals surface area contributed by atoms with Crippen LogP contribution in [0.15, 0.2) is 29.2 Å². The standard InChI is InChI=1S/C16H26N2O2S/c1-12-7-5-8-13(2)18(12)21(19,20)16-10-6-9-15(11-16)14(3)17-4/h6,9-14,17H,5,7-8H2,1-4H3. The molecule has 0 spiro atoms. The van der Waals surface area contributed by atoms with Crippen molar-refractivity contribution in [1.82, 2.24) is 9.62 Å². The zero-order valence-electron chi connectivity index (χ0n) is 13.3. The minimum absolute atomic E-state index is 0.0733. The minimum Gasteiger partial charge on any atom is -0.313 e. The first-order valence-electron chi connectivity index (χ1n) is 7.68. The molecule has 21 heavy (non-hydrogen) atoms. The molecule has 0 saturated carbocycles. The van der Waals surface area contributed by atoms with Gasteiger partial charge in [-0.05, 0) is 58.4 Å². The maximum atomic E-state index is 13.0. The van der Waals surface area contributed by atoms with Gasteiger partial charge in [0.25, 0.3) is 0 Å². The molecule has 1 aromatic carbocycles. The van der Waals surface area contributed by atoms with Gasteiger partial charge in [-0.1, -0.05) is 18.6 Å². The van der Waals surface area contributed by atoms with Crippen molar-refractivity contribution in [3.63, 3.8) is 0 Å². The van der Waals surface area contributed by atoms with Crippen molar-refractivity contribution in [3.05, 3.63) is 29.8 Å². The Morgan fingerprint density at radius 2 is 1.86 bits per heavy atom. The Balaban J connectivity index is 2.39. The van der Waals surface area contributed by atoms with Crippen LogP contribution in [0.25, 0.3) is 0 Å². The molecule has 0 aromatic heterocycles. The van der Waals surface area contributed by atoms with Gasteiger partial charge in [-0.15, -0.1) is 0 Å². The molecule has 1 aliphatic heterocycles. The van der Waals surface area contributed by atoms with Crippen LogP contribution in [0.3, 0.4) is 0 Å². The van der Waals surface area contributed by atoms with E-state index in [1.807, 2.05) is 40.0 Å². The molecule has 1 aromatic rings. The number of rotatable bonds is 4. The zero-order chi connectivity index (χ0) is 15.6. The Kier molecular flexibility index (Phi) is 5.07. The van der Waals surface area contributed by atoms with E-state index in [9.17, 15) is 8.42 Å². The Hall–Kier alpha value is -0.910. The molecule has 3 atom stereocenters. The van der Waals surface area contributed by atoms with Crippen LogP contribution in [0.1, 0.15) is 51.6 Å². The predicted octanol–water partition coefficient (Wildman–Crippen LogP) is 2.92. The van der Waals surface area contributed by atoms with Crippen LogP contribution in [0, 0.1) is 0 Å². The van der Waals surface area contributed by atoms with Gasteiger partial charge in [-0.2, -0.15) is 4.31 Å². The van der Waals surface area contributed by atoms with E-state index in [0.29, 0.717) is 4.90 Å². The zero-order valence-corrected chi connectivity index (χ0v) is 14.2. The van der Waals surface area contributed by atoms with Crippen molar-refractivity contribution < 1.29 is 8.42 Å². The molecule has 2 rings (SSSR count). The second-order valence-corrected chi connectivity index (χ2v) is 7.89. The van der Waals surface area contributed by atoms with E-state index < -0.39 is 10.0 Å². The lowest BCUT2D eigenvalue weighted by atomic mass is 10.0. The molecule has 3 unspecified atom stereocenters. The molecule has 1 fully saturated rings. The Bertz CT molecular complexity index is 576. The van der Waals surface area contributed by atoms with E-state index in [2.05, 4.69) is 5.32 Å². The summed E-state index contributed by atoms with van der Waals surface area (Å²) in [7, 11) is -1.54. The van der Waals surface area contributed by atoms with Crippen LogP contribution >= 0.6 is 0 Å². The number of hydrogen-bond acceptors (Lipinski definition) is 3. The monoisotopic (exact) mass is 310 g/mol. The van der Waals surface area contributed by atoms with Gasteiger partial charge in [0, 0.05) is 18.1 Å². The second kappa shape index (κ2) is 6.46. The highest BCUT2D eigenvalue weighted by molar-refractivity contribution is 7.89. The maximum Gasteiger partial charge on any atom is 0.243 e. The first-order chi connectivity index (χ1) is 9.87. The lowest BCUT2D eigenvalue weighted by Gasteiger charge is -2.37. The fourth-order valence-corrected chi connectivity index (χ4v) is 5.04. The van der Waals surface area contributed by atoms with Crippen molar-refractivity contribution in [2.45, 2.75) is 63.1 Å². The molecule has 5 heteroatoms. The van der Waals surface area contributed by atoms with Crippen molar-refractivity contribution in [2.24, 2.45) is 0 Å². The fraction of sp³-hybridized carbons (Fsp3) is 0.625.